The van der Waals surface area contributed by atoms with Crippen LogP contribution in [0.5, 0.6) is 0 Å². The maximum atomic E-state index is 9.88. The van der Waals surface area contributed by atoms with Crippen molar-refractivity contribution in [3.05, 3.63) is 218 Å². The molecule has 0 unspecified atom stereocenters. The van der Waals surface area contributed by atoms with E-state index in [4.69, 9.17) is 24.5 Å². The maximum Gasteiger partial charge on any atom is 0.166 e. The van der Waals surface area contributed by atoms with Gasteiger partial charge in [0.05, 0.1) is 33.2 Å². The zero-order valence-corrected chi connectivity index (χ0v) is 33.4. The lowest BCUT2D eigenvalue weighted by atomic mass is 9.97. The monoisotopic (exact) mass is 820 g/mol. The van der Waals surface area contributed by atoms with Gasteiger partial charge < -0.3 is 4.57 Å². The lowest BCUT2D eigenvalue weighted by molar-refractivity contribution is 1.06. The standard InChI is InChI=1S/C57H36N4S/c1-4-15-37(16-5-1)39-27-29-41(30-28-39)56-58-55(40-19-8-3-9-20-40)59-57(60-56)46-33-31-43(44-23-14-26-53-54(44)47-22-11-13-25-52(47)62-53)36-51(46)61-49-24-12-10-21-45(49)48-35-42(32-34-50(48)61)38-17-6-2-7-18-38/h1-36H/i2D,6D,7D,10D,12D,17D,18D,21D,24D,32D,34D,35D. The lowest BCUT2D eigenvalue weighted by Gasteiger charge is -2.17. The van der Waals surface area contributed by atoms with Crippen LogP contribution in [0.25, 0.3) is 115 Å². The minimum absolute atomic E-state index is 0.128. The van der Waals surface area contributed by atoms with Gasteiger partial charge in [0.15, 0.2) is 17.5 Å². The fourth-order valence-corrected chi connectivity index (χ4v) is 9.26. The van der Waals surface area contributed by atoms with E-state index in [9.17, 15) is 6.85 Å². The van der Waals surface area contributed by atoms with Crippen molar-refractivity contribution in [1.29, 1.82) is 0 Å². The normalized spacial score (nSPS) is 14.3. The van der Waals surface area contributed by atoms with Gasteiger partial charge in [-0.1, -0.05) is 176 Å². The first-order valence-corrected chi connectivity index (χ1v) is 20.7. The average molecular weight is 821 g/mol. The molecule has 0 saturated heterocycles. The van der Waals surface area contributed by atoms with E-state index in [0.717, 1.165) is 36.9 Å². The number of para-hydroxylation sites is 1. The summed E-state index contributed by atoms with van der Waals surface area (Å²) in [6.45, 7) is 0. The van der Waals surface area contributed by atoms with Crippen LogP contribution in [-0.4, -0.2) is 19.5 Å². The SMILES string of the molecule is [2H]c1c([2H])c([2H])c(-c2c([2H])c([2H])c3c(c2[2H])c2c([2H])c([2H])c([2H])c([2H])c2n3-c2cc(-c3cccc4sc5ccccc5c34)ccc2-c2nc(-c3ccccc3)nc(-c3ccc(-c4ccccc4)cc3)n2)c([2H])c1[2H]. The van der Waals surface area contributed by atoms with Crippen LogP contribution in [-0.2, 0) is 0 Å². The average Bonchev–Trinajstić information content (AvgIpc) is 4.03. The van der Waals surface area contributed by atoms with Crippen molar-refractivity contribution in [2.24, 2.45) is 0 Å². The van der Waals surface area contributed by atoms with E-state index in [-0.39, 0.29) is 33.3 Å². The molecule has 3 heterocycles. The Morgan fingerprint density at radius 3 is 1.81 bits per heavy atom. The summed E-state index contributed by atoms with van der Waals surface area (Å²) in [5.74, 6) is 0.822. The molecule has 0 N–H and O–H groups in total. The lowest BCUT2D eigenvalue weighted by Crippen LogP contribution is -2.04. The van der Waals surface area contributed by atoms with Crippen molar-refractivity contribution in [3.8, 4) is 73.2 Å². The van der Waals surface area contributed by atoms with Crippen molar-refractivity contribution in [2.75, 3.05) is 0 Å². The highest BCUT2D eigenvalue weighted by molar-refractivity contribution is 7.25. The molecule has 0 saturated carbocycles. The van der Waals surface area contributed by atoms with E-state index in [1.165, 1.54) is 4.57 Å². The van der Waals surface area contributed by atoms with Crippen LogP contribution in [0, 0.1) is 0 Å². The summed E-state index contributed by atoms with van der Waals surface area (Å²) in [4.78, 5) is 15.2. The summed E-state index contributed by atoms with van der Waals surface area (Å²) < 4.78 is 113. The molecule has 0 bridgehead atoms. The number of fused-ring (bicyclic) bond motifs is 6. The molecule has 0 spiro atoms. The minimum atomic E-state index is -0.704. The third-order valence-electron chi connectivity index (χ3n) is 11.0. The van der Waals surface area contributed by atoms with E-state index in [2.05, 4.69) is 18.2 Å². The molecular weight excluding hydrogens is 773 g/mol. The molecule has 3 aromatic heterocycles. The van der Waals surface area contributed by atoms with Gasteiger partial charge in [-0.2, -0.15) is 0 Å². The Hall–Kier alpha value is -7.99. The van der Waals surface area contributed by atoms with Crippen molar-refractivity contribution < 1.29 is 16.4 Å². The first-order valence-electron chi connectivity index (χ1n) is 25.9. The topological polar surface area (TPSA) is 43.6 Å². The van der Waals surface area contributed by atoms with Crippen LogP contribution in [0.15, 0.2) is 218 Å². The summed E-state index contributed by atoms with van der Waals surface area (Å²) in [5.41, 5.74) is 4.27. The van der Waals surface area contributed by atoms with Gasteiger partial charge >= 0.3 is 0 Å². The fourth-order valence-electron chi connectivity index (χ4n) is 8.13. The van der Waals surface area contributed by atoms with Gasteiger partial charge in [0.1, 0.15) is 0 Å². The summed E-state index contributed by atoms with van der Waals surface area (Å²) in [7, 11) is 0. The third kappa shape index (κ3) is 6.18. The van der Waals surface area contributed by atoms with Gasteiger partial charge in [0, 0.05) is 47.6 Å². The van der Waals surface area contributed by atoms with E-state index >= 15 is 0 Å². The highest BCUT2D eigenvalue weighted by Crippen LogP contribution is 2.43. The Morgan fingerprint density at radius 2 is 1.00 bits per heavy atom. The molecule has 9 aromatic carbocycles. The second-order valence-corrected chi connectivity index (χ2v) is 15.7. The van der Waals surface area contributed by atoms with Crippen molar-refractivity contribution in [1.82, 2.24) is 19.5 Å². The number of rotatable bonds is 7. The third-order valence-corrected chi connectivity index (χ3v) is 12.2. The maximum absolute atomic E-state index is 9.88. The van der Waals surface area contributed by atoms with Crippen molar-refractivity contribution >= 4 is 53.3 Å². The molecule has 0 amide bonds. The van der Waals surface area contributed by atoms with Crippen LogP contribution in [0.4, 0.5) is 0 Å². The molecule has 5 heteroatoms. The number of thiophene rings is 1. The number of aromatic nitrogens is 4. The molecule has 62 heavy (non-hydrogen) atoms. The van der Waals surface area contributed by atoms with Gasteiger partial charge in [-0.05, 0) is 75.8 Å². The van der Waals surface area contributed by atoms with Crippen LogP contribution in [0.1, 0.15) is 16.4 Å². The number of nitrogens with zero attached hydrogens (tertiary/aromatic N) is 4. The van der Waals surface area contributed by atoms with Crippen LogP contribution in [0.2, 0.25) is 0 Å². The Balaban J connectivity index is 1.22. The molecule has 0 aliphatic rings. The second-order valence-electron chi connectivity index (χ2n) is 14.7. The zero-order chi connectivity index (χ0) is 51.4. The van der Waals surface area contributed by atoms with Gasteiger partial charge in [-0.15, -0.1) is 11.3 Å². The smallest absolute Gasteiger partial charge is 0.166 e. The van der Waals surface area contributed by atoms with E-state index < -0.39 is 83.6 Å². The Bertz CT molecular complexity index is 4300. The van der Waals surface area contributed by atoms with Gasteiger partial charge in [0.25, 0.3) is 0 Å². The Kier molecular flexibility index (Phi) is 6.16. The largest absolute Gasteiger partial charge is 0.308 e. The zero-order valence-electron chi connectivity index (χ0n) is 44.6. The van der Waals surface area contributed by atoms with Gasteiger partial charge in [0.2, 0.25) is 0 Å². The number of hydrogen-bond acceptors (Lipinski definition) is 4. The van der Waals surface area contributed by atoms with E-state index in [1.807, 2.05) is 127 Å². The van der Waals surface area contributed by atoms with E-state index in [1.54, 1.807) is 11.3 Å². The fraction of sp³-hybridized carbons (Fsp3) is 0. The number of benzene rings is 9. The second kappa shape index (κ2) is 14.9. The predicted octanol–water partition coefficient (Wildman–Crippen LogP) is 15.3. The Labute approximate surface area is 379 Å². The highest BCUT2D eigenvalue weighted by Gasteiger charge is 2.22. The van der Waals surface area contributed by atoms with Crippen LogP contribution >= 0.6 is 11.3 Å². The van der Waals surface area contributed by atoms with Gasteiger partial charge in [-0.25, -0.2) is 15.0 Å². The molecule has 290 valence electrons. The quantitative estimate of drug-likeness (QED) is 0.161. The number of hydrogen-bond donors (Lipinski definition) is 0. The van der Waals surface area contributed by atoms with Crippen molar-refractivity contribution in [2.45, 2.75) is 0 Å². The van der Waals surface area contributed by atoms with Crippen molar-refractivity contribution in [3.63, 3.8) is 0 Å². The van der Waals surface area contributed by atoms with E-state index in [0.29, 0.717) is 33.9 Å². The first-order chi connectivity index (χ1) is 35.7. The molecule has 0 radical (unpaired) electrons. The van der Waals surface area contributed by atoms with Crippen LogP contribution < -0.4 is 0 Å². The molecule has 0 aliphatic carbocycles. The highest BCUT2D eigenvalue weighted by atomic mass is 32.1. The molecule has 0 fully saturated rings. The first kappa shape index (κ1) is 25.6. The predicted molar refractivity (Wildman–Crippen MR) is 260 cm³/mol. The molecule has 12 aromatic rings. The molecule has 12 rings (SSSR count). The molecule has 0 atom stereocenters. The van der Waals surface area contributed by atoms with Gasteiger partial charge in [-0.3, -0.25) is 0 Å². The van der Waals surface area contributed by atoms with Crippen LogP contribution in [0.3, 0.4) is 0 Å². The minimum Gasteiger partial charge on any atom is -0.308 e. The summed E-state index contributed by atoms with van der Waals surface area (Å²) in [6, 6.07) is 39.4. The Morgan fingerprint density at radius 1 is 0.387 bits per heavy atom. The summed E-state index contributed by atoms with van der Waals surface area (Å²) >= 11 is 1.65. The summed E-state index contributed by atoms with van der Waals surface area (Å²) in [5, 5.41) is 1.66. The molecular formula is C57H36N4S. The molecule has 0 aliphatic heterocycles. The molecule has 4 nitrogen and oxygen atoms in total. The summed E-state index contributed by atoms with van der Waals surface area (Å²) in [6.07, 6.45) is 0.